The zero-order valence-corrected chi connectivity index (χ0v) is 20.8. The Morgan fingerprint density at radius 3 is 2.31 bits per heavy atom. The maximum absolute atomic E-state index is 13.3. The Kier molecular flexibility index (Phi) is 9.58. The summed E-state index contributed by atoms with van der Waals surface area (Å²) in [6, 6.07) is 10.8. The summed E-state index contributed by atoms with van der Waals surface area (Å²) in [5.41, 5.74) is 4.10. The van der Waals surface area contributed by atoms with Crippen LogP contribution in [0.25, 0.3) is 0 Å². The zero-order chi connectivity index (χ0) is 23.8. The Morgan fingerprint density at radius 2 is 1.72 bits per heavy atom. The quantitative estimate of drug-likeness (QED) is 0.521. The normalized spacial score (nSPS) is 12.7. The molecule has 0 saturated carbocycles. The third-order valence-electron chi connectivity index (χ3n) is 5.77. The van der Waals surface area contributed by atoms with E-state index in [1.807, 2.05) is 59.7 Å². The van der Waals surface area contributed by atoms with Gasteiger partial charge in [-0.15, -0.1) is 0 Å². The van der Waals surface area contributed by atoms with Crippen molar-refractivity contribution in [3.8, 4) is 5.75 Å². The van der Waals surface area contributed by atoms with Crippen LogP contribution in [-0.2, 0) is 16.1 Å². The topological polar surface area (TPSA) is 58.6 Å². The van der Waals surface area contributed by atoms with E-state index >= 15 is 0 Å². The smallest absolute Gasteiger partial charge is 0.261 e. The van der Waals surface area contributed by atoms with Crippen LogP contribution in [0, 0.1) is 20.8 Å². The van der Waals surface area contributed by atoms with Crippen LogP contribution in [0.15, 0.2) is 36.4 Å². The van der Waals surface area contributed by atoms with Crippen LogP contribution in [0.1, 0.15) is 55.9 Å². The molecule has 2 aromatic carbocycles. The summed E-state index contributed by atoms with van der Waals surface area (Å²) in [5.74, 6) is 0.316. The van der Waals surface area contributed by atoms with E-state index in [9.17, 15) is 9.59 Å². The number of hydrogen-bond acceptors (Lipinski definition) is 3. The summed E-state index contributed by atoms with van der Waals surface area (Å²) in [6.07, 6.45) is 1.33. The average Bonchev–Trinajstić information content (AvgIpc) is 2.76. The van der Waals surface area contributed by atoms with Gasteiger partial charge in [0.1, 0.15) is 11.8 Å². The number of nitrogens with zero attached hydrogens (tertiary/aromatic N) is 1. The van der Waals surface area contributed by atoms with Crippen molar-refractivity contribution in [1.82, 2.24) is 10.2 Å². The van der Waals surface area contributed by atoms with Crippen molar-refractivity contribution in [2.75, 3.05) is 6.61 Å². The Hall–Kier alpha value is -2.53. The first-order valence-corrected chi connectivity index (χ1v) is 11.6. The molecule has 1 N–H and O–H groups in total. The van der Waals surface area contributed by atoms with Gasteiger partial charge in [0.25, 0.3) is 5.91 Å². The maximum Gasteiger partial charge on any atom is 0.261 e. The average molecular weight is 459 g/mol. The molecule has 0 saturated heterocycles. The van der Waals surface area contributed by atoms with E-state index in [2.05, 4.69) is 11.4 Å². The standard InChI is InChI=1S/C26H35ClN2O3/c1-7-19(5)28-26(31)23(8-2)29(15-21-9-11-22(27)12-10-21)25(30)16-32-24-14-17(3)13-18(4)20(24)6/h9-14,19,23H,7-8,15-16H2,1-6H3,(H,28,31)/t19-,23-/m0/s1. The van der Waals surface area contributed by atoms with Crippen molar-refractivity contribution in [2.24, 2.45) is 0 Å². The second-order valence-corrected chi connectivity index (χ2v) is 8.82. The number of carbonyl (C=O) groups excluding carboxylic acids is 2. The molecule has 5 nitrogen and oxygen atoms in total. The minimum absolute atomic E-state index is 0.0400. The molecule has 6 heteroatoms. The predicted molar refractivity (Wildman–Crippen MR) is 130 cm³/mol. The molecule has 0 aliphatic heterocycles. The van der Waals surface area contributed by atoms with Crippen molar-refractivity contribution in [3.63, 3.8) is 0 Å². The summed E-state index contributed by atoms with van der Waals surface area (Å²) in [6.45, 7) is 12.1. The highest BCUT2D eigenvalue weighted by Gasteiger charge is 2.29. The second-order valence-electron chi connectivity index (χ2n) is 8.38. The SMILES string of the molecule is CC[C@H](C)NC(=O)[C@H](CC)N(Cc1ccc(Cl)cc1)C(=O)COc1cc(C)cc(C)c1C. The van der Waals surface area contributed by atoms with Crippen LogP contribution < -0.4 is 10.1 Å². The third kappa shape index (κ3) is 6.99. The number of nitrogens with one attached hydrogen (secondary N) is 1. The number of amides is 2. The molecular weight excluding hydrogens is 424 g/mol. The van der Waals surface area contributed by atoms with Gasteiger partial charge in [0.15, 0.2) is 6.61 Å². The van der Waals surface area contributed by atoms with E-state index in [0.717, 1.165) is 28.7 Å². The highest BCUT2D eigenvalue weighted by atomic mass is 35.5. The summed E-state index contributed by atoms with van der Waals surface area (Å²) in [7, 11) is 0. The lowest BCUT2D eigenvalue weighted by molar-refractivity contribution is -0.143. The van der Waals surface area contributed by atoms with Crippen molar-refractivity contribution >= 4 is 23.4 Å². The van der Waals surface area contributed by atoms with Crippen LogP contribution >= 0.6 is 11.6 Å². The molecule has 0 bridgehead atoms. The molecule has 32 heavy (non-hydrogen) atoms. The Bertz CT molecular complexity index is 927. The summed E-state index contributed by atoms with van der Waals surface area (Å²) in [5, 5.41) is 3.64. The molecule has 0 radical (unpaired) electrons. The van der Waals surface area contributed by atoms with Crippen molar-refractivity contribution < 1.29 is 14.3 Å². The van der Waals surface area contributed by atoms with E-state index in [1.54, 1.807) is 17.0 Å². The number of halogens is 1. The van der Waals surface area contributed by atoms with Gasteiger partial charge in [-0.1, -0.05) is 43.6 Å². The lowest BCUT2D eigenvalue weighted by Crippen LogP contribution is -2.51. The van der Waals surface area contributed by atoms with Gasteiger partial charge in [-0.2, -0.15) is 0 Å². The first-order valence-electron chi connectivity index (χ1n) is 11.2. The van der Waals surface area contributed by atoms with Gasteiger partial charge in [-0.05, 0) is 81.0 Å². The van der Waals surface area contributed by atoms with Gasteiger partial charge in [0.05, 0.1) is 0 Å². The Morgan fingerprint density at radius 1 is 1.06 bits per heavy atom. The molecule has 0 aliphatic rings. The molecule has 2 amide bonds. The van der Waals surface area contributed by atoms with E-state index in [-0.39, 0.29) is 24.5 Å². The summed E-state index contributed by atoms with van der Waals surface area (Å²) in [4.78, 5) is 27.9. The van der Waals surface area contributed by atoms with Gasteiger partial charge in [-0.3, -0.25) is 9.59 Å². The first kappa shape index (κ1) is 25.7. The van der Waals surface area contributed by atoms with Crippen LogP contribution in [0.5, 0.6) is 5.75 Å². The van der Waals surface area contributed by atoms with Crippen LogP contribution in [0.4, 0.5) is 0 Å². The molecule has 2 rings (SSSR count). The lowest BCUT2D eigenvalue weighted by Gasteiger charge is -2.31. The molecule has 0 aliphatic carbocycles. The third-order valence-corrected chi connectivity index (χ3v) is 6.02. The van der Waals surface area contributed by atoms with E-state index in [4.69, 9.17) is 16.3 Å². The summed E-state index contributed by atoms with van der Waals surface area (Å²) < 4.78 is 5.93. The maximum atomic E-state index is 13.3. The predicted octanol–water partition coefficient (Wildman–Crippen LogP) is 5.37. The summed E-state index contributed by atoms with van der Waals surface area (Å²) >= 11 is 6.02. The molecular formula is C26H35ClN2O3. The molecule has 2 aromatic rings. The fourth-order valence-electron chi connectivity index (χ4n) is 3.52. The monoisotopic (exact) mass is 458 g/mol. The zero-order valence-electron chi connectivity index (χ0n) is 20.0. The van der Waals surface area contributed by atoms with Crippen LogP contribution in [-0.4, -0.2) is 35.4 Å². The Balaban J connectivity index is 2.26. The minimum atomic E-state index is -0.587. The van der Waals surface area contributed by atoms with Gasteiger partial charge in [0, 0.05) is 17.6 Å². The molecule has 0 unspecified atom stereocenters. The largest absolute Gasteiger partial charge is 0.483 e. The van der Waals surface area contributed by atoms with Gasteiger partial charge in [0.2, 0.25) is 5.91 Å². The molecule has 0 heterocycles. The van der Waals surface area contributed by atoms with Crippen LogP contribution in [0.3, 0.4) is 0 Å². The van der Waals surface area contributed by atoms with Gasteiger partial charge >= 0.3 is 0 Å². The van der Waals surface area contributed by atoms with Gasteiger partial charge < -0.3 is 15.0 Å². The highest BCUT2D eigenvalue weighted by Crippen LogP contribution is 2.24. The fraction of sp³-hybridized carbons (Fsp3) is 0.462. The number of benzene rings is 2. The number of hydrogen-bond donors (Lipinski definition) is 1. The minimum Gasteiger partial charge on any atom is -0.483 e. The van der Waals surface area contributed by atoms with Crippen molar-refractivity contribution in [1.29, 1.82) is 0 Å². The van der Waals surface area contributed by atoms with E-state index < -0.39 is 6.04 Å². The van der Waals surface area contributed by atoms with Crippen molar-refractivity contribution in [3.05, 3.63) is 63.7 Å². The van der Waals surface area contributed by atoms with Crippen LogP contribution in [0.2, 0.25) is 5.02 Å². The van der Waals surface area contributed by atoms with Crippen molar-refractivity contribution in [2.45, 2.75) is 73.0 Å². The molecule has 174 valence electrons. The number of rotatable bonds is 10. The molecule has 0 fully saturated rings. The van der Waals surface area contributed by atoms with E-state index in [0.29, 0.717) is 23.7 Å². The molecule has 0 aromatic heterocycles. The first-order chi connectivity index (χ1) is 15.2. The number of ether oxygens (including phenoxy) is 1. The van der Waals surface area contributed by atoms with Gasteiger partial charge in [-0.25, -0.2) is 0 Å². The van der Waals surface area contributed by atoms with E-state index in [1.165, 1.54) is 0 Å². The Labute approximate surface area is 197 Å². The molecule has 2 atom stereocenters. The fourth-order valence-corrected chi connectivity index (χ4v) is 3.65. The second kappa shape index (κ2) is 11.9. The number of aryl methyl sites for hydroxylation is 2. The number of carbonyl (C=O) groups is 2. The highest BCUT2D eigenvalue weighted by molar-refractivity contribution is 6.30. The molecule has 0 spiro atoms. The lowest BCUT2D eigenvalue weighted by atomic mass is 10.1.